The molecule has 0 aliphatic carbocycles. The molecule has 0 radical (unpaired) electrons. The lowest BCUT2D eigenvalue weighted by Crippen LogP contribution is -2.36. The SMILES string of the molecule is COc1cc(Oc2ccc(N)c(C(NC(=O)O)C(C)(C)C)c2)ccc1C. The van der Waals surface area contributed by atoms with Crippen molar-refractivity contribution in [2.24, 2.45) is 5.41 Å². The standard InChI is InChI=1S/C20H26N2O4/c1-12-6-7-14(11-17(12)25-5)26-13-8-9-16(21)15(10-13)18(20(2,3)4)22-19(23)24/h6-11,18,22H,21H2,1-5H3,(H,23,24). The number of ether oxygens (including phenoxy) is 2. The summed E-state index contributed by atoms with van der Waals surface area (Å²) in [6.07, 6.45) is -1.10. The highest BCUT2D eigenvalue weighted by Crippen LogP contribution is 2.38. The van der Waals surface area contributed by atoms with Crippen molar-refractivity contribution in [3.63, 3.8) is 0 Å². The molecule has 0 fully saturated rings. The molecule has 140 valence electrons. The van der Waals surface area contributed by atoms with Crippen molar-refractivity contribution in [2.45, 2.75) is 33.7 Å². The predicted octanol–water partition coefficient (Wildman–Crippen LogP) is 4.73. The Morgan fingerprint density at radius 1 is 1.15 bits per heavy atom. The van der Waals surface area contributed by atoms with E-state index < -0.39 is 12.1 Å². The Bertz CT molecular complexity index is 797. The predicted molar refractivity (Wildman–Crippen MR) is 102 cm³/mol. The van der Waals surface area contributed by atoms with Crippen LogP contribution in [0, 0.1) is 12.3 Å². The number of amides is 1. The van der Waals surface area contributed by atoms with Gasteiger partial charge in [-0.15, -0.1) is 0 Å². The molecule has 0 aliphatic rings. The van der Waals surface area contributed by atoms with E-state index in [4.69, 9.17) is 15.2 Å². The van der Waals surface area contributed by atoms with Crippen LogP contribution >= 0.6 is 0 Å². The van der Waals surface area contributed by atoms with Crippen molar-refractivity contribution in [3.05, 3.63) is 47.5 Å². The normalized spacial score (nSPS) is 12.3. The maximum absolute atomic E-state index is 11.2. The highest BCUT2D eigenvalue weighted by Gasteiger charge is 2.29. The molecular weight excluding hydrogens is 332 g/mol. The molecule has 0 heterocycles. The highest BCUT2D eigenvalue weighted by molar-refractivity contribution is 5.66. The zero-order valence-electron chi connectivity index (χ0n) is 15.8. The van der Waals surface area contributed by atoms with Gasteiger partial charge < -0.3 is 25.6 Å². The summed E-state index contributed by atoms with van der Waals surface area (Å²) in [4.78, 5) is 11.2. The third kappa shape index (κ3) is 4.59. The highest BCUT2D eigenvalue weighted by atomic mass is 16.5. The largest absolute Gasteiger partial charge is 0.496 e. The first-order valence-corrected chi connectivity index (χ1v) is 8.33. The van der Waals surface area contributed by atoms with Crippen LogP contribution in [0.2, 0.25) is 0 Å². The number of carbonyl (C=O) groups is 1. The first kappa shape index (κ1) is 19.4. The molecule has 2 rings (SSSR count). The van der Waals surface area contributed by atoms with Gasteiger partial charge in [0.25, 0.3) is 0 Å². The molecule has 2 aromatic carbocycles. The number of methoxy groups -OCH3 is 1. The zero-order chi connectivity index (χ0) is 19.5. The second-order valence-electron chi connectivity index (χ2n) is 7.27. The van der Waals surface area contributed by atoms with Gasteiger partial charge in [-0.3, -0.25) is 0 Å². The first-order chi connectivity index (χ1) is 12.1. The fourth-order valence-electron chi connectivity index (χ4n) is 2.75. The summed E-state index contributed by atoms with van der Waals surface area (Å²) in [5.41, 5.74) is 7.94. The number of carboxylic acid groups (broad SMARTS) is 1. The van der Waals surface area contributed by atoms with Gasteiger partial charge >= 0.3 is 6.09 Å². The number of hydrogen-bond acceptors (Lipinski definition) is 4. The zero-order valence-corrected chi connectivity index (χ0v) is 15.8. The third-order valence-corrected chi connectivity index (χ3v) is 4.12. The smallest absolute Gasteiger partial charge is 0.405 e. The van der Waals surface area contributed by atoms with Gasteiger partial charge in [-0.25, -0.2) is 4.79 Å². The Morgan fingerprint density at radius 3 is 2.35 bits per heavy atom. The number of nitrogen functional groups attached to an aromatic ring is 1. The third-order valence-electron chi connectivity index (χ3n) is 4.12. The second-order valence-corrected chi connectivity index (χ2v) is 7.27. The second kappa shape index (κ2) is 7.56. The van der Waals surface area contributed by atoms with Gasteiger partial charge in [0.15, 0.2) is 0 Å². The van der Waals surface area contributed by atoms with Crippen LogP contribution in [-0.4, -0.2) is 18.3 Å². The number of aryl methyl sites for hydroxylation is 1. The molecule has 0 aliphatic heterocycles. The first-order valence-electron chi connectivity index (χ1n) is 8.33. The van der Waals surface area contributed by atoms with E-state index in [-0.39, 0.29) is 5.41 Å². The van der Waals surface area contributed by atoms with E-state index >= 15 is 0 Å². The molecule has 1 amide bonds. The topological polar surface area (TPSA) is 93.8 Å². The Balaban J connectivity index is 2.38. The number of anilines is 1. The Hall–Kier alpha value is -2.89. The van der Waals surface area contributed by atoms with Crippen molar-refractivity contribution in [1.29, 1.82) is 0 Å². The average molecular weight is 358 g/mol. The fraction of sp³-hybridized carbons (Fsp3) is 0.350. The van der Waals surface area contributed by atoms with Gasteiger partial charge in [-0.1, -0.05) is 26.8 Å². The quantitative estimate of drug-likeness (QED) is 0.672. The molecule has 1 atom stereocenters. The van der Waals surface area contributed by atoms with E-state index in [1.165, 1.54) is 0 Å². The van der Waals surface area contributed by atoms with Crippen LogP contribution in [0.15, 0.2) is 36.4 Å². The molecule has 0 spiro atoms. The lowest BCUT2D eigenvalue weighted by Gasteiger charge is -2.32. The molecule has 6 heteroatoms. The summed E-state index contributed by atoms with van der Waals surface area (Å²) >= 11 is 0. The molecule has 2 aromatic rings. The molecule has 6 nitrogen and oxygen atoms in total. The molecule has 26 heavy (non-hydrogen) atoms. The summed E-state index contributed by atoms with van der Waals surface area (Å²) in [6.45, 7) is 7.80. The minimum Gasteiger partial charge on any atom is -0.496 e. The average Bonchev–Trinajstić information content (AvgIpc) is 2.55. The molecule has 0 saturated carbocycles. The number of nitrogens with two attached hydrogens (primary N) is 1. The molecule has 0 bridgehead atoms. The van der Waals surface area contributed by atoms with E-state index in [2.05, 4.69) is 5.32 Å². The van der Waals surface area contributed by atoms with Crippen LogP contribution in [0.3, 0.4) is 0 Å². The number of hydrogen-bond donors (Lipinski definition) is 3. The number of rotatable bonds is 5. The minimum absolute atomic E-state index is 0.363. The van der Waals surface area contributed by atoms with Crippen LogP contribution in [0.1, 0.15) is 37.9 Å². The molecule has 1 unspecified atom stereocenters. The number of nitrogens with one attached hydrogen (secondary N) is 1. The van der Waals surface area contributed by atoms with E-state index in [0.717, 1.165) is 11.3 Å². The van der Waals surface area contributed by atoms with Gasteiger partial charge in [0.1, 0.15) is 17.2 Å². The van der Waals surface area contributed by atoms with Gasteiger partial charge in [0, 0.05) is 17.3 Å². The molecular formula is C20H26N2O4. The van der Waals surface area contributed by atoms with Crippen LogP contribution in [0.5, 0.6) is 17.2 Å². The summed E-state index contributed by atoms with van der Waals surface area (Å²) in [5.74, 6) is 1.93. The maximum Gasteiger partial charge on any atom is 0.405 e. The lowest BCUT2D eigenvalue weighted by molar-refractivity contribution is 0.175. The van der Waals surface area contributed by atoms with Crippen molar-refractivity contribution >= 4 is 11.8 Å². The Labute approximate surface area is 153 Å². The van der Waals surface area contributed by atoms with Gasteiger partial charge in [-0.05, 0) is 42.2 Å². The summed E-state index contributed by atoms with van der Waals surface area (Å²) < 4.78 is 11.2. The van der Waals surface area contributed by atoms with E-state index in [0.29, 0.717) is 22.7 Å². The maximum atomic E-state index is 11.2. The van der Waals surface area contributed by atoms with Crippen molar-refractivity contribution in [2.75, 3.05) is 12.8 Å². The number of benzene rings is 2. The van der Waals surface area contributed by atoms with E-state index in [1.807, 2.05) is 45.9 Å². The summed E-state index contributed by atoms with van der Waals surface area (Å²) in [6, 6.07) is 10.3. The van der Waals surface area contributed by atoms with E-state index in [1.54, 1.807) is 25.3 Å². The van der Waals surface area contributed by atoms with Crippen LogP contribution in [0.25, 0.3) is 0 Å². The van der Waals surface area contributed by atoms with Crippen molar-refractivity contribution in [1.82, 2.24) is 5.32 Å². The van der Waals surface area contributed by atoms with Crippen LogP contribution in [-0.2, 0) is 0 Å². The van der Waals surface area contributed by atoms with Crippen LogP contribution in [0.4, 0.5) is 10.5 Å². The minimum atomic E-state index is -1.10. The molecule has 0 aromatic heterocycles. The Kier molecular flexibility index (Phi) is 5.65. The monoisotopic (exact) mass is 358 g/mol. The van der Waals surface area contributed by atoms with Gasteiger partial charge in [0.2, 0.25) is 0 Å². The summed E-state index contributed by atoms with van der Waals surface area (Å²) in [5, 5.41) is 11.7. The fourth-order valence-corrected chi connectivity index (χ4v) is 2.75. The van der Waals surface area contributed by atoms with Crippen LogP contribution < -0.4 is 20.5 Å². The summed E-state index contributed by atoms with van der Waals surface area (Å²) in [7, 11) is 1.61. The molecule has 0 saturated heterocycles. The van der Waals surface area contributed by atoms with Gasteiger partial charge in [-0.2, -0.15) is 0 Å². The Morgan fingerprint density at radius 2 is 1.77 bits per heavy atom. The van der Waals surface area contributed by atoms with Crippen molar-refractivity contribution in [3.8, 4) is 17.2 Å². The van der Waals surface area contributed by atoms with Crippen molar-refractivity contribution < 1.29 is 19.4 Å². The van der Waals surface area contributed by atoms with Gasteiger partial charge in [0.05, 0.1) is 13.2 Å². The lowest BCUT2D eigenvalue weighted by atomic mass is 9.81. The van der Waals surface area contributed by atoms with E-state index in [9.17, 15) is 9.90 Å². The molecule has 4 N–H and O–H groups in total.